The first-order valence-electron chi connectivity index (χ1n) is 9.09. The first-order chi connectivity index (χ1) is 13.0. The Morgan fingerprint density at radius 2 is 1.78 bits per heavy atom. The van der Waals surface area contributed by atoms with E-state index in [1.165, 1.54) is 0 Å². The van der Waals surface area contributed by atoms with Crippen molar-refractivity contribution in [3.63, 3.8) is 0 Å². The minimum atomic E-state index is -1.35. The number of cyclic esters (lactones) is 1. The van der Waals surface area contributed by atoms with E-state index in [4.69, 9.17) is 9.47 Å². The average Bonchev–Trinajstić information content (AvgIpc) is 3.20. The molecule has 5 nitrogen and oxygen atoms in total. The third-order valence-corrected chi connectivity index (χ3v) is 7.05. The molecule has 1 unspecified atom stereocenters. The maximum atomic E-state index is 13.4. The summed E-state index contributed by atoms with van der Waals surface area (Å²) >= 11 is 0. The fourth-order valence-electron chi connectivity index (χ4n) is 4.08. The molecule has 27 heavy (non-hydrogen) atoms. The molecule has 0 aromatic heterocycles. The summed E-state index contributed by atoms with van der Waals surface area (Å²) in [5.74, 6) is 0.292. The van der Waals surface area contributed by atoms with Crippen molar-refractivity contribution in [1.82, 2.24) is 4.31 Å². The lowest BCUT2D eigenvalue weighted by Gasteiger charge is -2.26. The van der Waals surface area contributed by atoms with Crippen LogP contribution in [0.15, 0.2) is 53.4 Å². The summed E-state index contributed by atoms with van der Waals surface area (Å²) in [7, 11) is 0.271. The molecule has 0 radical (unpaired) electrons. The summed E-state index contributed by atoms with van der Waals surface area (Å²) in [6.07, 6.45) is -0.164. The Morgan fingerprint density at radius 1 is 1.11 bits per heavy atom. The van der Waals surface area contributed by atoms with Crippen molar-refractivity contribution in [1.29, 1.82) is 0 Å². The van der Waals surface area contributed by atoms with E-state index in [2.05, 4.69) is 0 Å². The molecule has 0 bridgehead atoms. The molecule has 2 aromatic carbocycles. The summed E-state index contributed by atoms with van der Waals surface area (Å²) in [6.45, 7) is 4.49. The van der Waals surface area contributed by atoms with E-state index in [0.29, 0.717) is 6.54 Å². The van der Waals surface area contributed by atoms with Crippen LogP contribution in [0.3, 0.4) is 0 Å². The van der Waals surface area contributed by atoms with Gasteiger partial charge >= 0.3 is 5.97 Å². The predicted octanol–water partition coefficient (Wildman–Crippen LogP) is 3.26. The third-order valence-electron chi connectivity index (χ3n) is 5.57. The lowest BCUT2D eigenvalue weighted by molar-refractivity contribution is -0.145. The van der Waals surface area contributed by atoms with Gasteiger partial charge in [0.2, 0.25) is 0 Å². The van der Waals surface area contributed by atoms with Crippen LogP contribution in [0.25, 0.3) is 0 Å². The lowest BCUT2D eigenvalue weighted by atomic mass is 9.87. The fraction of sp³-hybridized carbons (Fsp3) is 0.381. The molecule has 2 aliphatic heterocycles. The van der Waals surface area contributed by atoms with Crippen molar-refractivity contribution in [2.45, 2.75) is 30.9 Å². The smallest absolute Gasteiger partial charge is 0.311 e. The zero-order valence-electron chi connectivity index (χ0n) is 15.6. The van der Waals surface area contributed by atoms with E-state index < -0.39 is 11.0 Å². The van der Waals surface area contributed by atoms with Crippen molar-refractivity contribution < 1.29 is 18.5 Å². The van der Waals surface area contributed by atoms with Gasteiger partial charge in [-0.2, -0.15) is 0 Å². The summed E-state index contributed by atoms with van der Waals surface area (Å²) in [5, 5.41) is 0. The maximum absolute atomic E-state index is 13.4. The molecule has 2 aromatic rings. The third kappa shape index (κ3) is 3.17. The van der Waals surface area contributed by atoms with Crippen molar-refractivity contribution in [2.24, 2.45) is 11.8 Å². The van der Waals surface area contributed by atoms with Gasteiger partial charge in [0.25, 0.3) is 0 Å². The number of hydrogen-bond donors (Lipinski definition) is 0. The largest absolute Gasteiger partial charge is 0.497 e. The molecule has 6 heteroatoms. The zero-order chi connectivity index (χ0) is 19.1. The average molecular weight is 385 g/mol. The van der Waals surface area contributed by atoms with Gasteiger partial charge in [-0.15, -0.1) is 0 Å². The van der Waals surface area contributed by atoms with Crippen LogP contribution in [-0.4, -0.2) is 34.2 Å². The van der Waals surface area contributed by atoms with E-state index in [1.54, 1.807) is 7.11 Å². The molecule has 5 atom stereocenters. The van der Waals surface area contributed by atoms with E-state index in [0.717, 1.165) is 21.8 Å². The molecule has 4 rings (SSSR count). The molecule has 2 fully saturated rings. The molecule has 0 N–H and O–H groups in total. The Kier molecular flexibility index (Phi) is 4.78. The van der Waals surface area contributed by atoms with Crippen molar-refractivity contribution in [3.8, 4) is 5.75 Å². The number of ether oxygens (including phenoxy) is 2. The highest BCUT2D eigenvalue weighted by atomic mass is 32.2. The lowest BCUT2D eigenvalue weighted by Crippen LogP contribution is -2.31. The second-order valence-corrected chi connectivity index (χ2v) is 8.65. The molecule has 0 amide bonds. The van der Waals surface area contributed by atoms with Gasteiger partial charge in [0.05, 0.1) is 24.0 Å². The minimum absolute atomic E-state index is 0.0407. The van der Waals surface area contributed by atoms with Gasteiger partial charge in [-0.25, -0.2) is 8.51 Å². The van der Waals surface area contributed by atoms with Crippen LogP contribution in [0.2, 0.25) is 0 Å². The quantitative estimate of drug-likeness (QED) is 0.758. The predicted molar refractivity (Wildman–Crippen MR) is 103 cm³/mol. The van der Waals surface area contributed by atoms with Gasteiger partial charge in [-0.05, 0) is 43.7 Å². The SMILES string of the molecule is COc1ccc([C@@H]2[C@H]3C(=O)OC(C)[C@H]3CN2[S@](=O)c2ccc(C)cc2)cc1. The summed E-state index contributed by atoms with van der Waals surface area (Å²) in [5.41, 5.74) is 2.08. The molecule has 2 saturated heterocycles. The van der Waals surface area contributed by atoms with Gasteiger partial charge in [0, 0.05) is 12.5 Å². The number of nitrogens with zero attached hydrogens (tertiary/aromatic N) is 1. The number of fused-ring (bicyclic) bond motifs is 1. The highest BCUT2D eigenvalue weighted by Crippen LogP contribution is 2.48. The number of methoxy groups -OCH3 is 1. The standard InChI is InChI=1S/C21H23NO4S/c1-13-4-10-17(11-5-13)27(24)22-12-18-14(2)26-21(23)19(18)20(22)15-6-8-16(25-3)9-7-15/h4-11,14,18-20H,12H2,1-3H3/t14?,18-,19+,20-,27-/m1/s1. The van der Waals surface area contributed by atoms with Crippen LogP contribution < -0.4 is 4.74 Å². The van der Waals surface area contributed by atoms with Gasteiger partial charge in [0.1, 0.15) is 22.8 Å². The molecule has 2 heterocycles. The molecule has 142 valence electrons. The van der Waals surface area contributed by atoms with E-state index in [-0.39, 0.29) is 30.0 Å². The topological polar surface area (TPSA) is 55.8 Å². The van der Waals surface area contributed by atoms with Crippen LogP contribution in [-0.2, 0) is 20.5 Å². The van der Waals surface area contributed by atoms with Crippen LogP contribution in [0, 0.1) is 18.8 Å². The molecule has 0 aliphatic carbocycles. The van der Waals surface area contributed by atoms with Crippen LogP contribution in [0.4, 0.5) is 0 Å². The second kappa shape index (κ2) is 7.09. The maximum Gasteiger partial charge on any atom is 0.311 e. The Hall–Kier alpha value is -2.18. The number of hydrogen-bond acceptors (Lipinski definition) is 4. The number of carbonyl (C=O) groups is 1. The molecule has 0 saturated carbocycles. The number of benzene rings is 2. The summed E-state index contributed by atoms with van der Waals surface area (Å²) < 4.78 is 26.0. The number of carbonyl (C=O) groups excluding carboxylic acids is 1. The van der Waals surface area contributed by atoms with Crippen molar-refractivity contribution in [3.05, 3.63) is 59.7 Å². The Morgan fingerprint density at radius 3 is 2.41 bits per heavy atom. The normalized spacial score (nSPS) is 28.6. The molecule has 0 spiro atoms. The van der Waals surface area contributed by atoms with Crippen LogP contribution >= 0.6 is 0 Å². The second-order valence-electron chi connectivity index (χ2n) is 7.21. The van der Waals surface area contributed by atoms with Gasteiger partial charge in [0.15, 0.2) is 0 Å². The molecular weight excluding hydrogens is 362 g/mol. The number of rotatable bonds is 4. The first kappa shape index (κ1) is 18.2. The van der Waals surface area contributed by atoms with Gasteiger partial charge in [-0.1, -0.05) is 29.8 Å². The molecular formula is C21H23NO4S. The molecule has 2 aliphatic rings. The van der Waals surface area contributed by atoms with Crippen LogP contribution in [0.1, 0.15) is 24.1 Å². The first-order valence-corrected chi connectivity index (χ1v) is 10.2. The Bertz CT molecular complexity index is 865. The van der Waals surface area contributed by atoms with Gasteiger partial charge in [-0.3, -0.25) is 4.79 Å². The van der Waals surface area contributed by atoms with E-state index in [9.17, 15) is 9.00 Å². The zero-order valence-corrected chi connectivity index (χ0v) is 16.4. The summed E-state index contributed by atoms with van der Waals surface area (Å²) in [6, 6.07) is 15.1. The highest BCUT2D eigenvalue weighted by Gasteiger charge is 2.56. The number of esters is 1. The highest BCUT2D eigenvalue weighted by molar-refractivity contribution is 7.82. The Labute approximate surface area is 161 Å². The van der Waals surface area contributed by atoms with E-state index >= 15 is 0 Å². The fourth-order valence-corrected chi connectivity index (χ4v) is 5.48. The monoisotopic (exact) mass is 385 g/mol. The Balaban J connectivity index is 1.73. The minimum Gasteiger partial charge on any atom is -0.497 e. The van der Waals surface area contributed by atoms with E-state index in [1.807, 2.05) is 66.7 Å². The van der Waals surface area contributed by atoms with Crippen molar-refractivity contribution in [2.75, 3.05) is 13.7 Å². The summed E-state index contributed by atoms with van der Waals surface area (Å²) in [4.78, 5) is 13.3. The van der Waals surface area contributed by atoms with Crippen molar-refractivity contribution >= 4 is 17.0 Å². The van der Waals surface area contributed by atoms with Gasteiger partial charge < -0.3 is 9.47 Å². The van der Waals surface area contributed by atoms with Crippen LogP contribution in [0.5, 0.6) is 5.75 Å². The number of aryl methyl sites for hydroxylation is 1.